The Morgan fingerprint density at radius 3 is 2.63 bits per heavy atom. The van der Waals surface area contributed by atoms with Crippen molar-refractivity contribution < 1.29 is 29.0 Å². The number of esters is 1. The van der Waals surface area contributed by atoms with Crippen LogP contribution in [0.2, 0.25) is 0 Å². The van der Waals surface area contributed by atoms with Crippen LogP contribution in [0.4, 0.5) is 0 Å². The van der Waals surface area contributed by atoms with E-state index in [2.05, 4.69) is 10.1 Å². The molecule has 1 heterocycles. The van der Waals surface area contributed by atoms with Crippen LogP contribution in [0.5, 0.6) is 0 Å². The van der Waals surface area contributed by atoms with Gasteiger partial charge in [0.15, 0.2) is 0 Å². The van der Waals surface area contributed by atoms with Crippen molar-refractivity contribution in [3.05, 3.63) is 0 Å². The second kappa shape index (κ2) is 5.98. The van der Waals surface area contributed by atoms with Gasteiger partial charge in [-0.1, -0.05) is 0 Å². The number of amides is 1. The Bertz CT molecular complexity index is 385. The molecule has 1 rings (SSSR count). The normalized spacial score (nSPS) is 27.6. The van der Waals surface area contributed by atoms with Gasteiger partial charge in [-0.15, -0.1) is 0 Å². The predicted molar refractivity (Wildman–Crippen MR) is 63.1 cm³/mol. The molecule has 8 heteroatoms. The molecule has 0 saturated carbocycles. The van der Waals surface area contributed by atoms with E-state index in [9.17, 15) is 14.4 Å². The van der Waals surface area contributed by atoms with Crippen LogP contribution in [0.3, 0.4) is 0 Å². The molecule has 0 aliphatic carbocycles. The Balaban J connectivity index is 2.71. The predicted octanol–water partition coefficient (Wildman–Crippen LogP) is -1.52. The van der Waals surface area contributed by atoms with Crippen LogP contribution in [0.1, 0.15) is 13.3 Å². The van der Waals surface area contributed by atoms with Crippen LogP contribution in [0, 0.1) is 5.41 Å². The number of rotatable bonds is 5. The van der Waals surface area contributed by atoms with E-state index in [1.54, 1.807) is 6.92 Å². The zero-order valence-electron chi connectivity index (χ0n) is 10.8. The zero-order valence-corrected chi connectivity index (χ0v) is 10.8. The monoisotopic (exact) mass is 274 g/mol. The lowest BCUT2D eigenvalue weighted by molar-refractivity contribution is -0.149. The SMILES string of the molecule is COC(=O)C[C@H](NC(=O)C1(C)COCC1N)C(=O)O. The third-order valence-electron chi connectivity index (χ3n) is 3.24. The minimum absolute atomic E-state index is 0.116. The molecule has 0 bridgehead atoms. The molecule has 1 saturated heterocycles. The highest BCUT2D eigenvalue weighted by Gasteiger charge is 2.45. The van der Waals surface area contributed by atoms with Gasteiger partial charge in [0.25, 0.3) is 0 Å². The van der Waals surface area contributed by atoms with E-state index in [4.69, 9.17) is 15.6 Å². The first-order valence-electron chi connectivity index (χ1n) is 5.75. The lowest BCUT2D eigenvalue weighted by Crippen LogP contribution is -2.54. The molecule has 0 aromatic rings. The Morgan fingerprint density at radius 1 is 1.58 bits per heavy atom. The Labute approximate surface area is 110 Å². The molecule has 0 spiro atoms. The lowest BCUT2D eigenvalue weighted by Gasteiger charge is -2.27. The molecule has 2 unspecified atom stereocenters. The molecule has 8 nitrogen and oxygen atoms in total. The number of ether oxygens (including phenoxy) is 2. The second-order valence-corrected chi connectivity index (χ2v) is 4.68. The average Bonchev–Trinajstić information content (AvgIpc) is 2.69. The largest absolute Gasteiger partial charge is 0.480 e. The molecule has 108 valence electrons. The van der Waals surface area contributed by atoms with Gasteiger partial charge in [0.1, 0.15) is 6.04 Å². The third-order valence-corrected chi connectivity index (χ3v) is 3.24. The number of carbonyl (C=O) groups excluding carboxylic acids is 2. The van der Waals surface area contributed by atoms with E-state index in [1.807, 2.05) is 0 Å². The van der Waals surface area contributed by atoms with Crippen LogP contribution >= 0.6 is 0 Å². The fraction of sp³-hybridized carbons (Fsp3) is 0.727. The summed E-state index contributed by atoms with van der Waals surface area (Å²) < 4.78 is 9.49. The van der Waals surface area contributed by atoms with E-state index in [0.29, 0.717) is 0 Å². The number of carboxylic acids is 1. The molecule has 19 heavy (non-hydrogen) atoms. The van der Waals surface area contributed by atoms with E-state index < -0.39 is 41.8 Å². The Kier molecular flexibility index (Phi) is 4.84. The maximum atomic E-state index is 12.1. The van der Waals surface area contributed by atoms with Crippen molar-refractivity contribution in [1.82, 2.24) is 5.32 Å². The maximum Gasteiger partial charge on any atom is 0.326 e. The van der Waals surface area contributed by atoms with Crippen molar-refractivity contribution in [3.8, 4) is 0 Å². The molecule has 0 aromatic carbocycles. The summed E-state index contributed by atoms with van der Waals surface area (Å²) in [5, 5.41) is 11.3. The first kappa shape index (κ1) is 15.4. The molecule has 4 N–H and O–H groups in total. The minimum atomic E-state index is -1.34. The maximum absolute atomic E-state index is 12.1. The van der Waals surface area contributed by atoms with Gasteiger partial charge in [0, 0.05) is 6.04 Å². The van der Waals surface area contributed by atoms with Crippen molar-refractivity contribution in [2.75, 3.05) is 20.3 Å². The van der Waals surface area contributed by atoms with Crippen molar-refractivity contribution in [1.29, 1.82) is 0 Å². The highest BCUT2D eigenvalue weighted by molar-refractivity contribution is 5.90. The molecular formula is C11H18N2O6. The van der Waals surface area contributed by atoms with Crippen molar-refractivity contribution in [2.24, 2.45) is 11.1 Å². The number of hydrogen-bond acceptors (Lipinski definition) is 6. The number of hydrogen-bond donors (Lipinski definition) is 3. The van der Waals surface area contributed by atoms with Gasteiger partial charge in [0.05, 0.1) is 32.2 Å². The first-order chi connectivity index (χ1) is 8.81. The summed E-state index contributed by atoms with van der Waals surface area (Å²) >= 11 is 0. The third kappa shape index (κ3) is 3.42. The van der Waals surface area contributed by atoms with Crippen molar-refractivity contribution >= 4 is 17.8 Å². The zero-order chi connectivity index (χ0) is 14.6. The number of aliphatic carboxylic acids is 1. The number of nitrogens with one attached hydrogen (secondary N) is 1. The average molecular weight is 274 g/mol. The fourth-order valence-electron chi connectivity index (χ4n) is 1.70. The Hall–Kier alpha value is -1.67. The van der Waals surface area contributed by atoms with Gasteiger partial charge in [-0.3, -0.25) is 9.59 Å². The topological polar surface area (TPSA) is 128 Å². The Morgan fingerprint density at radius 2 is 2.21 bits per heavy atom. The summed E-state index contributed by atoms with van der Waals surface area (Å²) in [7, 11) is 1.14. The van der Waals surface area contributed by atoms with Gasteiger partial charge in [-0.2, -0.15) is 0 Å². The summed E-state index contributed by atoms with van der Waals surface area (Å²) in [5.74, 6) is -2.58. The highest BCUT2D eigenvalue weighted by Crippen LogP contribution is 2.27. The number of carbonyl (C=O) groups is 3. The molecule has 1 amide bonds. The second-order valence-electron chi connectivity index (χ2n) is 4.68. The van der Waals surface area contributed by atoms with Crippen LogP contribution < -0.4 is 11.1 Å². The molecule has 0 radical (unpaired) electrons. The van der Waals surface area contributed by atoms with Crippen LogP contribution in [-0.4, -0.2) is 55.4 Å². The van der Waals surface area contributed by atoms with Crippen LogP contribution in [-0.2, 0) is 23.9 Å². The van der Waals surface area contributed by atoms with Crippen LogP contribution in [0.15, 0.2) is 0 Å². The molecule has 1 aliphatic rings. The highest BCUT2D eigenvalue weighted by atomic mass is 16.5. The number of nitrogens with two attached hydrogens (primary N) is 1. The van der Waals surface area contributed by atoms with E-state index in [1.165, 1.54) is 0 Å². The molecule has 1 aliphatic heterocycles. The summed E-state index contributed by atoms with van der Waals surface area (Å²) in [6.07, 6.45) is -0.441. The number of carboxylic acid groups (broad SMARTS) is 1. The molecule has 1 fully saturated rings. The van der Waals surface area contributed by atoms with E-state index in [0.717, 1.165) is 7.11 Å². The van der Waals surface area contributed by atoms with Gasteiger partial charge in [-0.25, -0.2) is 4.79 Å². The first-order valence-corrected chi connectivity index (χ1v) is 5.75. The summed E-state index contributed by atoms with van der Waals surface area (Å²) in [6, 6.07) is -1.86. The quantitative estimate of drug-likeness (QED) is 0.519. The number of methoxy groups -OCH3 is 1. The van der Waals surface area contributed by atoms with Crippen molar-refractivity contribution in [3.63, 3.8) is 0 Å². The van der Waals surface area contributed by atoms with Crippen LogP contribution in [0.25, 0.3) is 0 Å². The fourth-order valence-corrected chi connectivity index (χ4v) is 1.70. The van der Waals surface area contributed by atoms with E-state index in [-0.39, 0.29) is 13.2 Å². The summed E-state index contributed by atoms with van der Waals surface area (Å²) in [5.41, 5.74) is 4.77. The summed E-state index contributed by atoms with van der Waals surface area (Å²) in [6.45, 7) is 1.94. The van der Waals surface area contributed by atoms with E-state index >= 15 is 0 Å². The van der Waals surface area contributed by atoms with Gasteiger partial charge in [-0.05, 0) is 6.92 Å². The lowest BCUT2D eigenvalue weighted by atomic mass is 9.84. The van der Waals surface area contributed by atoms with Gasteiger partial charge in [0.2, 0.25) is 5.91 Å². The summed E-state index contributed by atoms with van der Waals surface area (Å²) in [4.78, 5) is 34.2. The molecule has 0 aromatic heterocycles. The molecular weight excluding hydrogens is 256 g/mol. The minimum Gasteiger partial charge on any atom is -0.480 e. The standard InChI is InChI=1S/C11H18N2O6/c1-11(5-19-4-7(11)12)10(17)13-6(9(15)16)3-8(14)18-2/h6-7H,3-5,12H2,1-2H3,(H,13,17)(H,15,16)/t6-,7?,11?/m0/s1. The van der Waals surface area contributed by atoms with Gasteiger partial charge >= 0.3 is 11.9 Å². The smallest absolute Gasteiger partial charge is 0.326 e. The molecule has 3 atom stereocenters. The van der Waals surface area contributed by atoms with Gasteiger partial charge < -0.3 is 25.6 Å². The van der Waals surface area contributed by atoms with Crippen molar-refractivity contribution in [2.45, 2.75) is 25.4 Å².